The quantitative estimate of drug-likeness (QED) is 0.191. The molecule has 0 unspecified atom stereocenters. The minimum atomic E-state index is -0.370. The number of imidazole rings is 1. The third-order valence-corrected chi connectivity index (χ3v) is 9.87. The molecular weight excluding hydrogens is 575 g/mol. The normalized spacial score (nSPS) is 10.8. The zero-order valence-electron chi connectivity index (χ0n) is 25.9. The number of rotatable bonds is 9. The summed E-state index contributed by atoms with van der Waals surface area (Å²) < 4.78 is 7.67. The molecule has 0 aliphatic heterocycles. The average Bonchev–Trinajstić information content (AvgIpc) is 3.69. The van der Waals surface area contributed by atoms with Crippen molar-refractivity contribution >= 4 is 37.8 Å². The van der Waals surface area contributed by atoms with Crippen molar-refractivity contribution in [3.8, 4) is 5.75 Å². The van der Waals surface area contributed by atoms with E-state index in [1.165, 1.54) is 32.7 Å². The monoisotopic (exact) mass is 610 g/mol. The number of nitrogens with zero attached hydrogens (tertiary/aromatic N) is 2. The molecule has 0 aliphatic rings. The Balaban J connectivity index is 0.000000172. The lowest BCUT2D eigenvalue weighted by Crippen LogP contribution is -2.51. The van der Waals surface area contributed by atoms with E-state index in [2.05, 4.69) is 179 Å². The first kappa shape index (κ1) is 30.6. The fourth-order valence-electron chi connectivity index (χ4n) is 5.91. The smallest absolute Gasteiger partial charge is 0.241 e. The molecule has 0 N–H and O–H groups in total. The average molecular weight is 611 g/mol. The second kappa shape index (κ2) is 15.1. The number of benzene rings is 6. The second-order valence-electron chi connectivity index (χ2n) is 10.9. The number of methoxy groups -OCH3 is 1. The van der Waals surface area contributed by atoms with Gasteiger partial charge in [0.05, 0.1) is 18.6 Å². The summed E-state index contributed by atoms with van der Waals surface area (Å²) in [5.41, 5.74) is 6.46. The zero-order chi connectivity index (χ0) is 31.4. The van der Waals surface area contributed by atoms with Crippen LogP contribution < -0.4 is 26.3 Å². The van der Waals surface area contributed by atoms with Crippen molar-refractivity contribution in [1.82, 2.24) is 9.55 Å². The molecule has 3 nitrogen and oxygen atoms in total. The highest BCUT2D eigenvalue weighted by Gasteiger charge is 2.37. The number of ether oxygens (including phenoxy) is 1. The maximum absolute atomic E-state index is 5.46. The maximum Gasteiger partial charge on any atom is 0.241 e. The van der Waals surface area contributed by atoms with Crippen molar-refractivity contribution in [2.75, 3.05) is 7.11 Å². The highest BCUT2D eigenvalue weighted by atomic mass is 28.2. The summed E-state index contributed by atoms with van der Waals surface area (Å²) in [6, 6.07) is 61.6. The predicted octanol–water partition coefficient (Wildman–Crippen LogP) is 5.87. The molecule has 0 saturated carbocycles. The molecule has 222 valence electrons. The topological polar surface area (TPSA) is 27.1 Å². The van der Waals surface area contributed by atoms with Gasteiger partial charge in [0.15, 0.2) is 0 Å². The van der Waals surface area contributed by atoms with Gasteiger partial charge in [-0.3, -0.25) is 0 Å². The van der Waals surface area contributed by atoms with Crippen LogP contribution in [0, 0.1) is 0 Å². The van der Waals surface area contributed by atoms with Crippen molar-refractivity contribution in [1.29, 1.82) is 0 Å². The lowest BCUT2D eigenvalue weighted by atomic mass is 9.37. The molecular formula is C41H35BN2OSi. The van der Waals surface area contributed by atoms with Gasteiger partial charge in [0, 0.05) is 12.4 Å². The Bertz CT molecular complexity index is 1750. The van der Waals surface area contributed by atoms with E-state index < -0.39 is 0 Å². The van der Waals surface area contributed by atoms with E-state index in [1.54, 1.807) is 7.11 Å². The molecule has 0 aliphatic carbocycles. The first-order valence-corrected chi connectivity index (χ1v) is 16.4. The largest absolute Gasteiger partial charge is 0.497 e. The molecule has 5 heteroatoms. The third-order valence-electron chi connectivity index (χ3n) is 8.07. The summed E-state index contributed by atoms with van der Waals surface area (Å²) >= 11 is 0. The van der Waals surface area contributed by atoms with Gasteiger partial charge < -0.3 is 9.30 Å². The molecule has 1 aromatic heterocycles. The summed E-state index contributed by atoms with van der Waals surface area (Å²) in [6.45, 7) is 0.309. The van der Waals surface area contributed by atoms with Crippen LogP contribution in [0.15, 0.2) is 195 Å². The minimum absolute atomic E-state index is 0.309. The molecule has 0 atom stereocenters. The molecule has 7 aromatic rings. The zero-order valence-corrected chi connectivity index (χ0v) is 26.9. The van der Waals surface area contributed by atoms with Gasteiger partial charge in [-0.15, -0.1) is 0 Å². The molecule has 0 fully saturated rings. The van der Waals surface area contributed by atoms with Crippen LogP contribution in [-0.4, -0.2) is 32.9 Å². The van der Waals surface area contributed by atoms with Crippen LogP contribution in [-0.2, 0) is 5.16 Å². The number of hydrogen-bond donors (Lipinski definition) is 0. The van der Waals surface area contributed by atoms with Gasteiger partial charge in [-0.1, -0.05) is 185 Å². The van der Waals surface area contributed by atoms with Gasteiger partial charge in [-0.05, 0) is 23.3 Å². The Morgan fingerprint density at radius 3 is 1.43 bits per heavy atom. The van der Waals surface area contributed by atoms with Gasteiger partial charge in [0.25, 0.3) is 0 Å². The Labute approximate surface area is 275 Å². The number of hydrogen-bond acceptors (Lipinski definition) is 2. The molecule has 0 bridgehead atoms. The van der Waals surface area contributed by atoms with Crippen LogP contribution in [0.5, 0.6) is 5.75 Å². The number of aromatic nitrogens is 2. The Morgan fingerprint density at radius 1 is 0.565 bits per heavy atom. The van der Waals surface area contributed by atoms with E-state index in [0.717, 1.165) is 5.75 Å². The highest BCUT2D eigenvalue weighted by Crippen LogP contribution is 2.33. The standard InChI is InChI=1S/C23H20N2OSi.C18H15B/c1-26-21-13-8-14-22(17-21)27-23(25-16-15-24-18-25,19-9-4-2-5-10-19)20-11-6-3-7-12-20;1-4-10-16(11-5-1)19(17-12-6-2-7-13-17)18-14-8-3-9-15-18/h2-18H,1H3;1-15H. The molecule has 0 saturated heterocycles. The molecule has 7 rings (SSSR count). The minimum Gasteiger partial charge on any atom is -0.497 e. The summed E-state index contributed by atoms with van der Waals surface area (Å²) in [5, 5.41) is 0.863. The third kappa shape index (κ3) is 6.96. The second-order valence-corrected chi connectivity index (χ2v) is 12.5. The lowest BCUT2D eigenvalue weighted by molar-refractivity contribution is 0.415. The van der Waals surface area contributed by atoms with E-state index in [9.17, 15) is 0 Å². The van der Waals surface area contributed by atoms with Gasteiger partial charge in [-0.25, -0.2) is 4.98 Å². The maximum atomic E-state index is 5.46. The first-order valence-electron chi connectivity index (χ1n) is 15.4. The van der Waals surface area contributed by atoms with E-state index in [1.807, 2.05) is 24.8 Å². The summed E-state index contributed by atoms with van der Waals surface area (Å²) in [7, 11) is 2.17. The van der Waals surface area contributed by atoms with Crippen molar-refractivity contribution in [3.05, 3.63) is 206 Å². The van der Waals surface area contributed by atoms with Crippen LogP contribution in [0.1, 0.15) is 11.1 Å². The van der Waals surface area contributed by atoms with E-state index in [0.29, 0.717) is 16.2 Å². The molecule has 6 aromatic carbocycles. The molecule has 1 heterocycles. The van der Waals surface area contributed by atoms with Gasteiger partial charge in [0.1, 0.15) is 15.3 Å². The van der Waals surface area contributed by atoms with Crippen LogP contribution in [0.2, 0.25) is 0 Å². The van der Waals surface area contributed by atoms with E-state index in [-0.39, 0.29) is 5.16 Å². The highest BCUT2D eigenvalue weighted by molar-refractivity contribution is 6.95. The Kier molecular flexibility index (Phi) is 10.0. The van der Waals surface area contributed by atoms with Crippen LogP contribution in [0.3, 0.4) is 0 Å². The van der Waals surface area contributed by atoms with Crippen molar-refractivity contribution in [2.45, 2.75) is 5.16 Å². The first-order chi connectivity index (χ1) is 22.8. The molecule has 46 heavy (non-hydrogen) atoms. The molecule has 2 radical (unpaired) electrons. The van der Waals surface area contributed by atoms with Crippen molar-refractivity contribution < 1.29 is 4.74 Å². The van der Waals surface area contributed by atoms with Crippen LogP contribution in [0.4, 0.5) is 0 Å². The fraction of sp³-hybridized carbons (Fsp3) is 0.0488. The Hall–Kier alpha value is -5.39. The van der Waals surface area contributed by atoms with Crippen LogP contribution >= 0.6 is 0 Å². The lowest BCUT2D eigenvalue weighted by Gasteiger charge is -2.36. The van der Waals surface area contributed by atoms with Gasteiger partial charge >= 0.3 is 0 Å². The summed E-state index contributed by atoms with van der Waals surface area (Å²) in [6.07, 6.45) is 5.80. The van der Waals surface area contributed by atoms with Gasteiger partial charge in [0.2, 0.25) is 6.71 Å². The predicted molar refractivity (Wildman–Crippen MR) is 194 cm³/mol. The van der Waals surface area contributed by atoms with Crippen molar-refractivity contribution in [2.24, 2.45) is 0 Å². The summed E-state index contributed by atoms with van der Waals surface area (Å²) in [4.78, 5) is 4.36. The Morgan fingerprint density at radius 2 is 1.02 bits per heavy atom. The van der Waals surface area contributed by atoms with E-state index >= 15 is 0 Å². The van der Waals surface area contributed by atoms with Crippen molar-refractivity contribution in [3.63, 3.8) is 0 Å². The molecule has 0 spiro atoms. The fourth-order valence-corrected chi connectivity index (χ4v) is 7.61. The van der Waals surface area contributed by atoms with Gasteiger partial charge in [-0.2, -0.15) is 0 Å². The van der Waals surface area contributed by atoms with E-state index in [4.69, 9.17) is 4.74 Å². The summed E-state index contributed by atoms with van der Waals surface area (Å²) in [5.74, 6) is 0.876. The SMILES string of the molecule is COc1cccc([Si]C(c2ccccc2)(c2ccccc2)n2ccnc2)c1.c1ccc(B(c2ccccc2)c2ccccc2)cc1. The molecule has 0 amide bonds. The van der Waals surface area contributed by atoms with Crippen LogP contribution in [0.25, 0.3) is 0 Å².